The summed E-state index contributed by atoms with van der Waals surface area (Å²) in [5.74, 6) is 0.546. The van der Waals surface area contributed by atoms with Crippen LogP contribution in [0.2, 0.25) is 0 Å². The first kappa shape index (κ1) is 17.7. The summed E-state index contributed by atoms with van der Waals surface area (Å²) in [6, 6.07) is 0. The van der Waals surface area contributed by atoms with Gasteiger partial charge in [0, 0.05) is 19.5 Å². The van der Waals surface area contributed by atoms with Crippen LogP contribution in [-0.4, -0.2) is 37.5 Å². The third kappa shape index (κ3) is 4.22. The first-order valence-electron chi connectivity index (χ1n) is 8.50. The van der Waals surface area contributed by atoms with E-state index in [-0.39, 0.29) is 30.6 Å². The predicted octanol–water partition coefficient (Wildman–Crippen LogP) is 0.684. The van der Waals surface area contributed by atoms with Crippen LogP contribution in [0.15, 0.2) is 4.79 Å². The van der Waals surface area contributed by atoms with Gasteiger partial charge in [0.1, 0.15) is 12.4 Å². The molecule has 1 aliphatic rings. The molecule has 1 aromatic heterocycles. The number of rotatable bonds is 6. The Morgan fingerprint density at radius 2 is 2.17 bits per heavy atom. The summed E-state index contributed by atoms with van der Waals surface area (Å²) in [6.07, 6.45) is 4.72. The van der Waals surface area contributed by atoms with Crippen LogP contribution in [0.25, 0.3) is 0 Å². The van der Waals surface area contributed by atoms with Crippen LogP contribution in [0.4, 0.5) is 0 Å². The molecule has 7 heteroatoms. The molecule has 0 aromatic carbocycles. The lowest BCUT2D eigenvalue weighted by Gasteiger charge is -2.29. The zero-order valence-electron chi connectivity index (χ0n) is 14.3. The van der Waals surface area contributed by atoms with Crippen LogP contribution in [-0.2, 0) is 24.3 Å². The number of nitrogens with zero attached hydrogens (tertiary/aromatic N) is 3. The van der Waals surface area contributed by atoms with Crippen LogP contribution >= 0.6 is 0 Å². The highest BCUT2D eigenvalue weighted by molar-refractivity contribution is 5.75. The van der Waals surface area contributed by atoms with Gasteiger partial charge in [0.05, 0.1) is 5.60 Å². The van der Waals surface area contributed by atoms with Crippen molar-refractivity contribution in [1.82, 2.24) is 19.7 Å². The molecule has 0 aliphatic carbocycles. The van der Waals surface area contributed by atoms with Gasteiger partial charge >= 0.3 is 5.69 Å². The Morgan fingerprint density at radius 3 is 2.87 bits per heavy atom. The van der Waals surface area contributed by atoms with E-state index in [4.69, 9.17) is 0 Å². The molecule has 1 amide bonds. The fraction of sp³-hybridized carbons (Fsp3) is 0.812. The number of carbonyl (C=O) groups is 1. The van der Waals surface area contributed by atoms with Gasteiger partial charge < -0.3 is 10.4 Å². The van der Waals surface area contributed by atoms with Gasteiger partial charge in [-0.25, -0.2) is 9.48 Å². The summed E-state index contributed by atoms with van der Waals surface area (Å²) < 4.78 is 2.91. The van der Waals surface area contributed by atoms with E-state index in [0.717, 1.165) is 37.9 Å². The summed E-state index contributed by atoms with van der Waals surface area (Å²) >= 11 is 0. The fourth-order valence-corrected chi connectivity index (χ4v) is 2.81. The second kappa shape index (κ2) is 7.29. The molecular weight excluding hydrogens is 296 g/mol. The first-order valence-corrected chi connectivity index (χ1v) is 8.50. The van der Waals surface area contributed by atoms with Gasteiger partial charge in [-0.2, -0.15) is 5.10 Å². The SMILES string of the molecule is CCC(C)C(C)(O)CNC(=O)Cn1nc2n(c1=O)CCCCC2. The van der Waals surface area contributed by atoms with E-state index in [0.29, 0.717) is 6.54 Å². The lowest BCUT2D eigenvalue weighted by Crippen LogP contribution is -2.46. The van der Waals surface area contributed by atoms with E-state index in [1.165, 1.54) is 4.68 Å². The molecule has 0 bridgehead atoms. The molecule has 2 N–H and O–H groups in total. The molecule has 2 unspecified atom stereocenters. The third-order valence-electron chi connectivity index (χ3n) is 4.89. The molecule has 0 spiro atoms. The summed E-state index contributed by atoms with van der Waals surface area (Å²) in [7, 11) is 0. The molecular formula is C16H28N4O3. The largest absolute Gasteiger partial charge is 0.388 e. The molecule has 0 saturated carbocycles. The van der Waals surface area contributed by atoms with Crippen molar-refractivity contribution < 1.29 is 9.90 Å². The lowest BCUT2D eigenvalue weighted by atomic mass is 9.89. The van der Waals surface area contributed by atoms with Crippen LogP contribution in [0.5, 0.6) is 0 Å². The standard InChI is InChI=1S/C16H28N4O3/c1-4-12(2)16(3,23)11-17-14(21)10-20-15(22)19-9-7-5-6-8-13(19)18-20/h12,23H,4-11H2,1-3H3,(H,17,21). The molecule has 130 valence electrons. The Bertz CT molecular complexity index is 603. The summed E-state index contributed by atoms with van der Waals surface area (Å²) in [5.41, 5.74) is -1.17. The minimum absolute atomic E-state index is 0.0780. The van der Waals surface area contributed by atoms with Crippen molar-refractivity contribution in [2.24, 2.45) is 5.92 Å². The Balaban J connectivity index is 1.97. The highest BCUT2D eigenvalue weighted by Gasteiger charge is 2.27. The Morgan fingerprint density at radius 1 is 1.43 bits per heavy atom. The second-order valence-corrected chi connectivity index (χ2v) is 6.76. The van der Waals surface area contributed by atoms with Gasteiger partial charge in [0.25, 0.3) is 0 Å². The van der Waals surface area contributed by atoms with Gasteiger partial charge in [0.15, 0.2) is 0 Å². The molecule has 1 aliphatic heterocycles. The van der Waals surface area contributed by atoms with Crippen molar-refractivity contribution >= 4 is 5.91 Å². The van der Waals surface area contributed by atoms with Crippen molar-refractivity contribution in [2.75, 3.05) is 6.54 Å². The summed E-state index contributed by atoms with van der Waals surface area (Å²) in [5, 5.41) is 17.3. The fourth-order valence-electron chi connectivity index (χ4n) is 2.81. The monoisotopic (exact) mass is 324 g/mol. The van der Waals surface area contributed by atoms with Gasteiger partial charge in [-0.1, -0.05) is 26.7 Å². The zero-order valence-corrected chi connectivity index (χ0v) is 14.3. The first-order chi connectivity index (χ1) is 10.8. The highest BCUT2D eigenvalue weighted by Crippen LogP contribution is 2.18. The van der Waals surface area contributed by atoms with Crippen LogP contribution < -0.4 is 11.0 Å². The normalized spacial score (nSPS) is 18.6. The average Bonchev–Trinajstić information content (AvgIpc) is 2.70. The van der Waals surface area contributed by atoms with Gasteiger partial charge in [0.2, 0.25) is 5.91 Å². The number of aryl methyl sites for hydroxylation is 1. The molecule has 0 saturated heterocycles. The van der Waals surface area contributed by atoms with Crippen molar-refractivity contribution in [3.05, 3.63) is 16.3 Å². The lowest BCUT2D eigenvalue weighted by molar-refractivity contribution is -0.123. The summed E-state index contributed by atoms with van der Waals surface area (Å²) in [6.45, 7) is 6.41. The van der Waals surface area contributed by atoms with Crippen molar-refractivity contribution in [2.45, 2.75) is 71.6 Å². The van der Waals surface area contributed by atoms with E-state index >= 15 is 0 Å². The molecule has 2 heterocycles. The molecule has 0 radical (unpaired) electrons. The maximum absolute atomic E-state index is 12.3. The number of nitrogens with one attached hydrogen (secondary N) is 1. The van der Waals surface area contributed by atoms with E-state index in [1.807, 2.05) is 13.8 Å². The van der Waals surface area contributed by atoms with Gasteiger partial charge in [-0.05, 0) is 25.7 Å². The quantitative estimate of drug-likeness (QED) is 0.805. The van der Waals surface area contributed by atoms with Crippen LogP contribution in [0, 0.1) is 5.92 Å². The molecule has 2 rings (SSSR count). The van der Waals surface area contributed by atoms with Crippen LogP contribution in [0.3, 0.4) is 0 Å². The minimum Gasteiger partial charge on any atom is -0.388 e. The number of aliphatic hydroxyl groups is 1. The number of hydrogen-bond acceptors (Lipinski definition) is 4. The van der Waals surface area contributed by atoms with Crippen molar-refractivity contribution in [3.63, 3.8) is 0 Å². The Kier molecular flexibility index (Phi) is 5.62. The maximum atomic E-state index is 12.3. The molecule has 7 nitrogen and oxygen atoms in total. The van der Waals surface area contributed by atoms with E-state index in [2.05, 4.69) is 10.4 Å². The van der Waals surface area contributed by atoms with Crippen molar-refractivity contribution in [3.8, 4) is 0 Å². The predicted molar refractivity (Wildman–Crippen MR) is 87.1 cm³/mol. The number of amides is 1. The van der Waals surface area contributed by atoms with E-state index < -0.39 is 5.60 Å². The summed E-state index contributed by atoms with van der Waals surface area (Å²) in [4.78, 5) is 24.4. The zero-order chi connectivity index (χ0) is 17.0. The molecule has 0 fully saturated rings. The molecule has 2 atom stereocenters. The minimum atomic E-state index is -0.958. The Hall–Kier alpha value is -1.63. The number of carbonyl (C=O) groups excluding carboxylic acids is 1. The van der Waals surface area contributed by atoms with Crippen molar-refractivity contribution in [1.29, 1.82) is 0 Å². The Labute approximate surface area is 136 Å². The number of fused-ring (bicyclic) bond motifs is 1. The van der Waals surface area contributed by atoms with Crippen LogP contribution in [0.1, 0.15) is 52.3 Å². The van der Waals surface area contributed by atoms with E-state index in [9.17, 15) is 14.7 Å². The number of aromatic nitrogens is 3. The maximum Gasteiger partial charge on any atom is 0.346 e. The molecule has 1 aromatic rings. The van der Waals surface area contributed by atoms with Gasteiger partial charge in [-0.3, -0.25) is 9.36 Å². The number of hydrogen-bond donors (Lipinski definition) is 2. The highest BCUT2D eigenvalue weighted by atomic mass is 16.3. The topological polar surface area (TPSA) is 89.2 Å². The van der Waals surface area contributed by atoms with Gasteiger partial charge in [-0.15, -0.1) is 0 Å². The smallest absolute Gasteiger partial charge is 0.346 e. The molecule has 23 heavy (non-hydrogen) atoms. The average molecular weight is 324 g/mol. The third-order valence-corrected chi connectivity index (χ3v) is 4.89. The second-order valence-electron chi connectivity index (χ2n) is 6.76. The van der Waals surface area contributed by atoms with E-state index in [1.54, 1.807) is 11.5 Å².